The van der Waals surface area contributed by atoms with Gasteiger partial charge < -0.3 is 15.3 Å². The Balaban J connectivity index is 1.26. The molecule has 5 heteroatoms. The Morgan fingerprint density at radius 1 is 0.765 bits per heavy atom. The second-order valence-electron chi connectivity index (χ2n) is 10.3. The van der Waals surface area contributed by atoms with Crippen molar-refractivity contribution >= 4 is 21.9 Å². The number of nitrogens with zero attached hydrogens (tertiary/aromatic N) is 2. The lowest BCUT2D eigenvalue weighted by atomic mass is 10.00. The van der Waals surface area contributed by atoms with E-state index in [1.54, 1.807) is 0 Å². The summed E-state index contributed by atoms with van der Waals surface area (Å²) in [6, 6.07) is 18.7. The first-order chi connectivity index (χ1) is 16.5. The topological polar surface area (TPSA) is 69.4 Å². The monoisotopic (exact) mass is 447 g/mol. The number of aromatic nitrogens is 4. The van der Waals surface area contributed by atoms with Crippen LogP contribution in [-0.2, 0) is 0 Å². The molecule has 2 aliphatic rings. The molecule has 0 spiro atoms. The van der Waals surface area contributed by atoms with Gasteiger partial charge in [0.15, 0.2) is 0 Å². The summed E-state index contributed by atoms with van der Waals surface area (Å²) in [4.78, 5) is 16.8. The highest BCUT2D eigenvalue weighted by Gasteiger charge is 2.41. The van der Waals surface area contributed by atoms with Crippen LogP contribution in [-0.4, -0.2) is 26.0 Å². The van der Waals surface area contributed by atoms with E-state index in [0.717, 1.165) is 39.7 Å². The van der Waals surface area contributed by atoms with Gasteiger partial charge in [0.1, 0.15) is 5.82 Å². The molecule has 5 aromatic rings. The van der Waals surface area contributed by atoms with E-state index < -0.39 is 0 Å². The van der Waals surface area contributed by atoms with E-state index in [1.165, 1.54) is 52.6 Å². The molecule has 1 unspecified atom stereocenters. The zero-order chi connectivity index (χ0) is 23.0. The predicted molar refractivity (Wildman–Crippen MR) is 138 cm³/mol. The first-order valence-corrected chi connectivity index (χ1v) is 12.4. The van der Waals surface area contributed by atoms with Crippen molar-refractivity contribution in [3.8, 4) is 22.4 Å². The van der Waals surface area contributed by atoms with Gasteiger partial charge in [-0.1, -0.05) is 18.2 Å². The SMILES string of the molecule is Cc1cc(-c2[nH]c3cc(-c4ccc5nc(C6N[C@H]7CC[C@@H]6C7)[nH]c5c4)ccc3c2C)cc(C)n1. The molecule has 170 valence electrons. The number of pyridine rings is 1. The van der Waals surface area contributed by atoms with Crippen LogP contribution in [0.1, 0.15) is 48.1 Å². The molecular formula is C29H29N5. The number of piperidine rings is 1. The Hall–Kier alpha value is -3.44. The molecule has 2 bridgehead atoms. The maximum absolute atomic E-state index is 4.93. The van der Waals surface area contributed by atoms with E-state index in [9.17, 15) is 0 Å². The van der Waals surface area contributed by atoms with Gasteiger partial charge in [0.2, 0.25) is 0 Å². The molecule has 1 aliphatic heterocycles. The summed E-state index contributed by atoms with van der Waals surface area (Å²) in [5, 5.41) is 5.02. The van der Waals surface area contributed by atoms with Crippen molar-refractivity contribution in [1.29, 1.82) is 0 Å². The molecule has 3 atom stereocenters. The lowest BCUT2D eigenvalue weighted by Crippen LogP contribution is -2.29. The highest BCUT2D eigenvalue weighted by Crippen LogP contribution is 2.42. The molecule has 3 aromatic heterocycles. The highest BCUT2D eigenvalue weighted by atomic mass is 15.1. The number of aromatic amines is 2. The van der Waals surface area contributed by atoms with Gasteiger partial charge in [-0.25, -0.2) is 4.98 Å². The molecule has 7 rings (SSSR count). The summed E-state index contributed by atoms with van der Waals surface area (Å²) in [5.41, 5.74) is 11.5. The van der Waals surface area contributed by atoms with Crippen LogP contribution in [0.25, 0.3) is 44.3 Å². The minimum Gasteiger partial charge on any atom is -0.354 e. The minimum atomic E-state index is 0.381. The van der Waals surface area contributed by atoms with Gasteiger partial charge >= 0.3 is 0 Å². The van der Waals surface area contributed by atoms with E-state index in [4.69, 9.17) is 4.98 Å². The van der Waals surface area contributed by atoms with Crippen LogP contribution in [0, 0.1) is 26.7 Å². The van der Waals surface area contributed by atoms with Crippen molar-refractivity contribution in [2.45, 2.75) is 52.1 Å². The fourth-order valence-corrected chi connectivity index (χ4v) is 6.30. The van der Waals surface area contributed by atoms with E-state index in [2.05, 4.69) is 89.6 Å². The van der Waals surface area contributed by atoms with E-state index in [1.807, 2.05) is 0 Å². The fraction of sp³-hybridized carbons (Fsp3) is 0.310. The standard InChI is InChI=1S/C29H29N5/c1-15-10-21(11-16(2)30-15)27-17(3)23-8-5-18(13-25(23)32-27)19-6-9-24-26(14-19)34-29(33-24)28-20-4-7-22(12-20)31-28/h5-6,8-11,13-14,20,22,28,31-32H,4,7,12H2,1-3H3,(H,33,34)/t20-,22+,28?/m1/s1. The van der Waals surface area contributed by atoms with Gasteiger partial charge in [-0.2, -0.15) is 0 Å². The molecule has 2 aromatic carbocycles. The summed E-state index contributed by atoms with van der Waals surface area (Å²) in [5.74, 6) is 1.83. The maximum Gasteiger partial charge on any atom is 0.124 e. The molecule has 5 nitrogen and oxygen atoms in total. The molecule has 1 aliphatic carbocycles. The Morgan fingerprint density at radius 2 is 1.53 bits per heavy atom. The number of hydrogen-bond acceptors (Lipinski definition) is 3. The third-order valence-electron chi connectivity index (χ3n) is 7.92. The number of aryl methyl sites for hydroxylation is 3. The van der Waals surface area contributed by atoms with Crippen molar-refractivity contribution in [2.75, 3.05) is 0 Å². The summed E-state index contributed by atoms with van der Waals surface area (Å²) in [7, 11) is 0. The number of H-pyrrole nitrogens is 2. The number of imidazole rings is 1. The van der Waals surface area contributed by atoms with Crippen molar-refractivity contribution in [3.05, 3.63) is 71.3 Å². The van der Waals surface area contributed by atoms with Crippen LogP contribution in [0.5, 0.6) is 0 Å². The van der Waals surface area contributed by atoms with Gasteiger partial charge in [-0.15, -0.1) is 0 Å². The summed E-state index contributed by atoms with van der Waals surface area (Å²) in [6.07, 6.45) is 3.93. The van der Waals surface area contributed by atoms with E-state index in [-0.39, 0.29) is 0 Å². The van der Waals surface area contributed by atoms with Crippen molar-refractivity contribution < 1.29 is 0 Å². The average molecular weight is 448 g/mol. The predicted octanol–water partition coefficient (Wildman–Crippen LogP) is 6.51. The Labute approximate surface area is 199 Å². The molecule has 3 N–H and O–H groups in total. The smallest absolute Gasteiger partial charge is 0.124 e. The van der Waals surface area contributed by atoms with E-state index >= 15 is 0 Å². The van der Waals surface area contributed by atoms with Gasteiger partial charge in [0.05, 0.1) is 17.1 Å². The van der Waals surface area contributed by atoms with Crippen LogP contribution in [0.3, 0.4) is 0 Å². The molecule has 4 heterocycles. The zero-order valence-electron chi connectivity index (χ0n) is 19.9. The number of fused-ring (bicyclic) bond motifs is 4. The van der Waals surface area contributed by atoms with Crippen molar-refractivity contribution in [3.63, 3.8) is 0 Å². The number of benzene rings is 2. The first kappa shape index (κ1) is 20.0. The summed E-state index contributed by atoms with van der Waals surface area (Å²) in [6.45, 7) is 6.30. The molecule has 1 saturated heterocycles. The number of nitrogens with one attached hydrogen (secondary N) is 3. The fourth-order valence-electron chi connectivity index (χ4n) is 6.30. The Bertz CT molecular complexity index is 1550. The van der Waals surface area contributed by atoms with Gasteiger partial charge in [0.25, 0.3) is 0 Å². The van der Waals surface area contributed by atoms with Crippen molar-refractivity contribution in [1.82, 2.24) is 25.3 Å². The quantitative estimate of drug-likeness (QED) is 0.295. The average Bonchev–Trinajstić information content (AvgIpc) is 3.60. The molecule has 1 saturated carbocycles. The van der Waals surface area contributed by atoms with Crippen LogP contribution < -0.4 is 5.32 Å². The summed E-state index contributed by atoms with van der Waals surface area (Å²) >= 11 is 0. The first-order valence-electron chi connectivity index (χ1n) is 12.4. The lowest BCUT2D eigenvalue weighted by Gasteiger charge is -2.20. The molecule has 2 fully saturated rings. The number of hydrogen-bond donors (Lipinski definition) is 3. The van der Waals surface area contributed by atoms with Crippen LogP contribution in [0.2, 0.25) is 0 Å². The second kappa shape index (κ2) is 7.28. The second-order valence-corrected chi connectivity index (χ2v) is 10.3. The highest BCUT2D eigenvalue weighted by molar-refractivity contribution is 5.94. The lowest BCUT2D eigenvalue weighted by molar-refractivity contribution is 0.380. The van der Waals surface area contributed by atoms with Crippen LogP contribution in [0.15, 0.2) is 48.5 Å². The number of rotatable bonds is 3. The molecule has 0 amide bonds. The van der Waals surface area contributed by atoms with Crippen LogP contribution >= 0.6 is 0 Å². The van der Waals surface area contributed by atoms with Crippen LogP contribution in [0.4, 0.5) is 0 Å². The van der Waals surface area contributed by atoms with Gasteiger partial charge in [-0.3, -0.25) is 4.98 Å². The largest absolute Gasteiger partial charge is 0.354 e. The molecule has 34 heavy (non-hydrogen) atoms. The minimum absolute atomic E-state index is 0.381. The maximum atomic E-state index is 4.93. The zero-order valence-corrected chi connectivity index (χ0v) is 19.9. The Kier molecular flexibility index (Phi) is 4.28. The Morgan fingerprint density at radius 3 is 2.26 bits per heavy atom. The summed E-state index contributed by atoms with van der Waals surface area (Å²) < 4.78 is 0. The van der Waals surface area contributed by atoms with Gasteiger partial charge in [-0.05, 0) is 93.0 Å². The third-order valence-corrected chi connectivity index (χ3v) is 7.92. The molecule has 0 radical (unpaired) electrons. The van der Waals surface area contributed by atoms with E-state index in [0.29, 0.717) is 12.1 Å². The normalized spacial score (nSPS) is 21.8. The molecular weight excluding hydrogens is 418 g/mol. The third kappa shape index (κ3) is 3.11. The van der Waals surface area contributed by atoms with Gasteiger partial charge in [0, 0.05) is 39.6 Å². The van der Waals surface area contributed by atoms with Crippen molar-refractivity contribution in [2.24, 2.45) is 5.92 Å².